The molecular weight excluding hydrogens is 635 g/mol. The SMILES string of the molecule is C=CC(=O)N1CCn2nc(-c3nc(OS(=O)(=O)C(F)(F)F)c4ccsc4c3-c3c(F)cc(F)cc3OC[C@@H](C)O)cc2[C@@H]1C. The van der Waals surface area contributed by atoms with Crippen molar-refractivity contribution in [1.82, 2.24) is 19.7 Å². The van der Waals surface area contributed by atoms with Crippen molar-refractivity contribution in [1.29, 1.82) is 0 Å². The highest BCUT2D eigenvalue weighted by Crippen LogP contribution is 2.48. The van der Waals surface area contributed by atoms with Gasteiger partial charge in [-0.1, -0.05) is 6.58 Å². The summed E-state index contributed by atoms with van der Waals surface area (Å²) in [7, 11) is -6.18. The monoisotopic (exact) mass is 658 g/mol. The summed E-state index contributed by atoms with van der Waals surface area (Å²) < 4.78 is 106. The van der Waals surface area contributed by atoms with Crippen LogP contribution in [0.25, 0.3) is 32.6 Å². The molecule has 1 amide bonds. The van der Waals surface area contributed by atoms with Gasteiger partial charge in [0.1, 0.15) is 35.4 Å². The van der Waals surface area contributed by atoms with Gasteiger partial charge in [-0.25, -0.2) is 13.8 Å². The Hall–Kier alpha value is -4.09. The Balaban J connectivity index is 1.81. The van der Waals surface area contributed by atoms with Crippen LogP contribution < -0.4 is 8.92 Å². The van der Waals surface area contributed by atoms with Crippen molar-refractivity contribution in [2.24, 2.45) is 0 Å². The number of hydrogen-bond acceptors (Lipinski definition) is 9. The Morgan fingerprint density at radius 3 is 2.64 bits per heavy atom. The Kier molecular flexibility index (Phi) is 8.15. The Labute approximate surface area is 251 Å². The summed E-state index contributed by atoms with van der Waals surface area (Å²) in [6, 6.07) is 3.59. The van der Waals surface area contributed by atoms with Gasteiger partial charge >= 0.3 is 15.6 Å². The van der Waals surface area contributed by atoms with Gasteiger partial charge < -0.3 is 18.9 Å². The normalized spacial score (nSPS) is 16.1. The molecule has 4 heterocycles. The summed E-state index contributed by atoms with van der Waals surface area (Å²) >= 11 is 0.894. The highest BCUT2D eigenvalue weighted by molar-refractivity contribution is 7.88. The van der Waals surface area contributed by atoms with Gasteiger partial charge in [-0.15, -0.1) is 11.3 Å². The van der Waals surface area contributed by atoms with Crippen LogP contribution in [0.2, 0.25) is 0 Å². The molecular formula is C27H23F5N4O6S2. The molecule has 0 saturated carbocycles. The molecule has 10 nitrogen and oxygen atoms in total. The maximum Gasteiger partial charge on any atom is 0.534 e. The van der Waals surface area contributed by atoms with Gasteiger partial charge in [0, 0.05) is 24.2 Å². The number of thiophene rings is 1. The number of hydrogen-bond donors (Lipinski definition) is 1. The van der Waals surface area contributed by atoms with Crippen molar-refractivity contribution in [3.8, 4) is 34.1 Å². The largest absolute Gasteiger partial charge is 0.534 e. The first-order valence-electron chi connectivity index (χ1n) is 12.9. The van der Waals surface area contributed by atoms with E-state index >= 15 is 4.39 Å². The quantitative estimate of drug-likeness (QED) is 0.119. The van der Waals surface area contributed by atoms with Gasteiger partial charge in [0.15, 0.2) is 0 Å². The summed E-state index contributed by atoms with van der Waals surface area (Å²) in [5.41, 5.74) is -6.12. The average molecular weight is 659 g/mol. The number of aliphatic hydroxyl groups is 1. The van der Waals surface area contributed by atoms with Crippen LogP contribution in [0.1, 0.15) is 25.6 Å². The van der Waals surface area contributed by atoms with E-state index in [4.69, 9.17) is 4.74 Å². The number of rotatable bonds is 8. The van der Waals surface area contributed by atoms with E-state index in [0.29, 0.717) is 11.8 Å². The van der Waals surface area contributed by atoms with Gasteiger partial charge in [-0.2, -0.15) is 26.7 Å². The number of alkyl halides is 3. The second-order valence-corrected chi connectivity index (χ2v) is 12.3. The van der Waals surface area contributed by atoms with Crippen molar-refractivity contribution < 1.29 is 49.2 Å². The van der Waals surface area contributed by atoms with Crippen molar-refractivity contribution in [3.63, 3.8) is 0 Å². The lowest BCUT2D eigenvalue weighted by Gasteiger charge is -2.33. The Bertz CT molecular complexity index is 1890. The Morgan fingerprint density at radius 2 is 1.98 bits per heavy atom. The summed E-state index contributed by atoms with van der Waals surface area (Å²) in [5, 5.41) is 15.4. The van der Waals surface area contributed by atoms with Gasteiger partial charge in [0.2, 0.25) is 11.8 Å². The predicted octanol–water partition coefficient (Wildman–Crippen LogP) is 5.18. The molecule has 2 atom stereocenters. The molecule has 4 aromatic rings. The molecule has 0 spiro atoms. The molecule has 0 radical (unpaired) electrons. The molecule has 234 valence electrons. The van der Waals surface area contributed by atoms with Crippen LogP contribution >= 0.6 is 11.3 Å². The smallest absolute Gasteiger partial charge is 0.490 e. The lowest BCUT2D eigenvalue weighted by molar-refractivity contribution is -0.129. The molecule has 0 unspecified atom stereocenters. The first-order chi connectivity index (χ1) is 20.6. The minimum absolute atomic E-state index is 0.0252. The zero-order valence-electron chi connectivity index (χ0n) is 22.9. The third-order valence-corrected chi connectivity index (χ3v) is 8.63. The number of pyridine rings is 1. The fourth-order valence-electron chi connectivity index (χ4n) is 4.78. The van der Waals surface area contributed by atoms with Crippen LogP contribution in [-0.4, -0.2) is 63.9 Å². The number of carbonyl (C=O) groups is 1. The van der Waals surface area contributed by atoms with E-state index in [2.05, 4.69) is 20.8 Å². The second-order valence-electron chi connectivity index (χ2n) is 9.80. The molecule has 3 aromatic heterocycles. The molecule has 0 aliphatic carbocycles. The van der Waals surface area contributed by atoms with Gasteiger partial charge in [0.05, 0.1) is 40.0 Å². The minimum Gasteiger partial charge on any atom is -0.490 e. The van der Waals surface area contributed by atoms with Crippen LogP contribution in [-0.2, 0) is 21.5 Å². The van der Waals surface area contributed by atoms with Crippen LogP contribution in [0.15, 0.2) is 42.3 Å². The topological polar surface area (TPSA) is 124 Å². The van der Waals surface area contributed by atoms with E-state index < -0.39 is 45.3 Å². The first-order valence-corrected chi connectivity index (χ1v) is 15.1. The summed E-state index contributed by atoms with van der Waals surface area (Å²) in [4.78, 5) is 18.0. The number of fused-ring (bicyclic) bond motifs is 2. The predicted molar refractivity (Wildman–Crippen MR) is 149 cm³/mol. The number of aromatic nitrogens is 3. The minimum atomic E-state index is -6.18. The molecule has 1 N–H and O–H groups in total. The molecule has 1 aromatic carbocycles. The number of carbonyl (C=O) groups excluding carboxylic acids is 1. The number of ether oxygens (including phenoxy) is 1. The van der Waals surface area contributed by atoms with Crippen molar-refractivity contribution in [2.75, 3.05) is 13.2 Å². The van der Waals surface area contributed by atoms with E-state index in [1.165, 1.54) is 34.0 Å². The average Bonchev–Trinajstić information content (AvgIpc) is 3.59. The molecule has 5 rings (SSSR count). The number of nitrogens with zero attached hydrogens (tertiary/aromatic N) is 4. The lowest BCUT2D eigenvalue weighted by atomic mass is 9.98. The van der Waals surface area contributed by atoms with E-state index in [-0.39, 0.29) is 64.0 Å². The van der Waals surface area contributed by atoms with Crippen LogP contribution in [0, 0.1) is 11.6 Å². The molecule has 0 bridgehead atoms. The number of benzene rings is 1. The third-order valence-electron chi connectivity index (χ3n) is 6.75. The maximum atomic E-state index is 15.7. The van der Waals surface area contributed by atoms with E-state index in [1.807, 2.05) is 0 Å². The highest BCUT2D eigenvalue weighted by atomic mass is 32.2. The van der Waals surface area contributed by atoms with Crippen molar-refractivity contribution in [3.05, 3.63) is 59.6 Å². The molecule has 1 aliphatic heterocycles. The third kappa shape index (κ3) is 5.61. The molecule has 44 heavy (non-hydrogen) atoms. The fraction of sp³-hybridized carbons (Fsp3) is 0.296. The molecule has 1 aliphatic rings. The summed E-state index contributed by atoms with van der Waals surface area (Å²) in [6.07, 6.45) is 0.101. The van der Waals surface area contributed by atoms with Gasteiger partial charge in [-0.3, -0.25) is 9.48 Å². The van der Waals surface area contributed by atoms with Crippen molar-refractivity contribution >= 4 is 37.4 Å². The van der Waals surface area contributed by atoms with E-state index in [9.17, 15) is 35.9 Å². The van der Waals surface area contributed by atoms with Crippen LogP contribution in [0.5, 0.6) is 11.6 Å². The first kappa shape index (κ1) is 31.3. The molecule has 17 heteroatoms. The summed E-state index contributed by atoms with van der Waals surface area (Å²) in [5.74, 6) is -3.82. The standard InChI is InChI=1S/C27H23F5N4O6S2/c1-4-21(38)35-6-7-36-19(14(35)3)11-18(34-36)24-23(22-17(29)9-15(28)10-20(22)41-12-13(2)37)25-16(5-8-43-25)26(33-24)42-44(39,40)27(30,31)32/h4-5,8-11,13-14,37H,1,6-7,12H2,2-3H3/t13-,14+/m1/s1. The second kappa shape index (κ2) is 11.4. The summed E-state index contributed by atoms with van der Waals surface area (Å²) in [6.45, 7) is 6.66. The maximum absolute atomic E-state index is 15.7. The molecule has 0 saturated heterocycles. The number of amides is 1. The van der Waals surface area contributed by atoms with Gasteiger partial charge in [-0.05, 0) is 37.4 Å². The zero-order valence-corrected chi connectivity index (χ0v) is 24.6. The highest BCUT2D eigenvalue weighted by Gasteiger charge is 2.49. The zero-order chi connectivity index (χ0) is 32.1. The Morgan fingerprint density at radius 1 is 1.25 bits per heavy atom. The fourth-order valence-corrected chi connectivity index (χ4v) is 6.15. The van der Waals surface area contributed by atoms with Crippen LogP contribution in [0.3, 0.4) is 0 Å². The molecule has 0 fully saturated rings. The lowest BCUT2D eigenvalue weighted by Crippen LogP contribution is -2.40. The van der Waals surface area contributed by atoms with E-state index in [0.717, 1.165) is 23.5 Å². The van der Waals surface area contributed by atoms with Crippen LogP contribution in [0.4, 0.5) is 22.0 Å². The van der Waals surface area contributed by atoms with E-state index in [1.54, 1.807) is 6.92 Å². The van der Waals surface area contributed by atoms with Crippen molar-refractivity contribution in [2.45, 2.75) is 38.0 Å². The number of aliphatic hydroxyl groups excluding tert-OH is 1. The van der Waals surface area contributed by atoms with Gasteiger partial charge in [0.25, 0.3) is 0 Å². The number of halogens is 5.